The molecular weight excluding hydrogens is 660 g/mol. The molecule has 0 aliphatic carbocycles. The number of ether oxygens (including phenoxy) is 4. The van der Waals surface area contributed by atoms with E-state index in [1.54, 1.807) is 0 Å². The van der Waals surface area contributed by atoms with Crippen LogP contribution in [0.4, 0.5) is 11.4 Å². The zero-order valence-corrected chi connectivity index (χ0v) is 28.9. The van der Waals surface area contributed by atoms with Gasteiger partial charge in [0.15, 0.2) is 23.0 Å². The van der Waals surface area contributed by atoms with Crippen molar-refractivity contribution in [1.29, 1.82) is 0 Å². The van der Waals surface area contributed by atoms with Crippen LogP contribution in [0.1, 0.15) is 37.1 Å². The molecule has 0 radical (unpaired) electrons. The normalized spacial score (nSPS) is 22.5. The van der Waals surface area contributed by atoms with E-state index in [1.165, 1.54) is 10.0 Å². The van der Waals surface area contributed by atoms with Crippen molar-refractivity contribution in [3.05, 3.63) is 108 Å². The SMILES string of the molecule is CC1=NN(c2ccccc2)C(=O)C1C(c1ccc2c(c1)OCO2)N1CCN(C(c2ccc3c(c2)OCO3)C2C(=O)N(c3ccccc3)N=C2C)CC1. The van der Waals surface area contributed by atoms with Crippen molar-refractivity contribution in [2.24, 2.45) is 22.0 Å². The van der Waals surface area contributed by atoms with Crippen LogP contribution >= 0.6 is 0 Å². The molecule has 1 fully saturated rings. The number of fused-ring (bicyclic) bond motifs is 2. The fourth-order valence-corrected chi connectivity index (χ4v) is 8.11. The fourth-order valence-electron chi connectivity index (χ4n) is 8.11. The predicted octanol–water partition coefficient (Wildman–Crippen LogP) is 5.62. The Bertz CT molecular complexity index is 1930. The number of anilines is 2. The van der Waals surface area contributed by atoms with Gasteiger partial charge in [-0.2, -0.15) is 10.2 Å². The third-order valence-corrected chi connectivity index (χ3v) is 10.6. The number of amides is 2. The summed E-state index contributed by atoms with van der Waals surface area (Å²) in [5.74, 6) is 1.55. The number of hydrazone groups is 2. The van der Waals surface area contributed by atoms with Gasteiger partial charge in [-0.1, -0.05) is 48.5 Å². The number of carbonyl (C=O) groups is 2. The van der Waals surface area contributed by atoms with Crippen LogP contribution in [0.25, 0.3) is 0 Å². The van der Waals surface area contributed by atoms with Gasteiger partial charge in [-0.3, -0.25) is 19.4 Å². The Morgan fingerprint density at radius 1 is 0.538 bits per heavy atom. The minimum Gasteiger partial charge on any atom is -0.454 e. The van der Waals surface area contributed by atoms with Gasteiger partial charge in [0.05, 0.1) is 46.7 Å². The molecule has 12 nitrogen and oxygen atoms in total. The van der Waals surface area contributed by atoms with E-state index in [9.17, 15) is 9.59 Å². The second-order valence-electron chi connectivity index (χ2n) is 13.6. The molecule has 0 aromatic heterocycles. The predicted molar refractivity (Wildman–Crippen MR) is 195 cm³/mol. The average Bonchev–Trinajstić information content (AvgIpc) is 3.97. The molecule has 12 heteroatoms. The first-order valence-electron chi connectivity index (χ1n) is 17.6. The number of nitrogens with zero attached hydrogens (tertiary/aromatic N) is 6. The third kappa shape index (κ3) is 5.55. The second-order valence-corrected chi connectivity index (χ2v) is 13.6. The molecule has 4 aromatic rings. The van der Waals surface area contributed by atoms with Gasteiger partial charge in [0.2, 0.25) is 13.6 Å². The van der Waals surface area contributed by atoms with E-state index < -0.39 is 11.8 Å². The molecule has 0 N–H and O–H groups in total. The number of para-hydroxylation sites is 2. The first kappa shape index (κ1) is 32.2. The summed E-state index contributed by atoms with van der Waals surface area (Å²) in [7, 11) is 0. The van der Waals surface area contributed by atoms with E-state index in [2.05, 4.69) is 9.80 Å². The van der Waals surface area contributed by atoms with Gasteiger partial charge in [0.1, 0.15) is 0 Å². The molecule has 2 amide bonds. The summed E-state index contributed by atoms with van der Waals surface area (Å²) in [4.78, 5) is 33.3. The summed E-state index contributed by atoms with van der Waals surface area (Å²) in [5, 5.41) is 12.6. The van der Waals surface area contributed by atoms with Crippen LogP contribution in [0.5, 0.6) is 23.0 Å². The maximum atomic E-state index is 14.3. The first-order chi connectivity index (χ1) is 25.4. The van der Waals surface area contributed by atoms with Gasteiger partial charge in [-0.25, -0.2) is 10.0 Å². The smallest absolute Gasteiger partial charge is 0.258 e. The van der Waals surface area contributed by atoms with E-state index in [1.807, 2.05) is 111 Å². The van der Waals surface area contributed by atoms with E-state index in [-0.39, 0.29) is 37.5 Å². The largest absolute Gasteiger partial charge is 0.454 e. The van der Waals surface area contributed by atoms with E-state index >= 15 is 0 Å². The Morgan fingerprint density at radius 2 is 0.923 bits per heavy atom. The number of carbonyl (C=O) groups excluding carboxylic acids is 2. The Balaban J connectivity index is 1.04. The van der Waals surface area contributed by atoms with Gasteiger partial charge >= 0.3 is 0 Å². The molecule has 5 heterocycles. The number of hydrogen-bond donors (Lipinski definition) is 0. The van der Waals surface area contributed by atoms with E-state index in [0.29, 0.717) is 49.2 Å². The molecule has 5 aliphatic heterocycles. The minimum atomic E-state index is -0.512. The Kier molecular flexibility index (Phi) is 8.12. The lowest BCUT2D eigenvalue weighted by atomic mass is 9.86. The van der Waals surface area contributed by atoms with Crippen molar-refractivity contribution in [3.8, 4) is 23.0 Å². The van der Waals surface area contributed by atoms with Crippen LogP contribution < -0.4 is 29.0 Å². The Morgan fingerprint density at radius 3 is 1.33 bits per heavy atom. The van der Waals surface area contributed by atoms with Crippen molar-refractivity contribution >= 4 is 34.6 Å². The lowest BCUT2D eigenvalue weighted by Crippen LogP contribution is -2.53. The summed E-state index contributed by atoms with van der Waals surface area (Å²) in [6.07, 6.45) is 0. The highest BCUT2D eigenvalue weighted by Crippen LogP contribution is 2.44. The van der Waals surface area contributed by atoms with Crippen LogP contribution in [0.3, 0.4) is 0 Å². The highest BCUT2D eigenvalue weighted by atomic mass is 16.7. The molecule has 0 bridgehead atoms. The molecule has 264 valence electrons. The Hall–Kier alpha value is -5.72. The first-order valence-corrected chi connectivity index (χ1v) is 17.6. The van der Waals surface area contributed by atoms with E-state index in [4.69, 9.17) is 29.2 Å². The van der Waals surface area contributed by atoms with Gasteiger partial charge in [0.25, 0.3) is 11.8 Å². The summed E-state index contributed by atoms with van der Waals surface area (Å²) < 4.78 is 22.8. The molecule has 4 unspecified atom stereocenters. The summed E-state index contributed by atoms with van der Waals surface area (Å²) in [6, 6.07) is 30.4. The molecule has 9 rings (SSSR count). The van der Waals surface area contributed by atoms with Crippen LogP contribution in [0.2, 0.25) is 0 Å². The van der Waals surface area contributed by atoms with Crippen molar-refractivity contribution in [2.45, 2.75) is 25.9 Å². The van der Waals surface area contributed by atoms with Gasteiger partial charge in [0, 0.05) is 26.2 Å². The highest BCUT2D eigenvalue weighted by Gasteiger charge is 2.47. The number of rotatable bonds is 8. The summed E-state index contributed by atoms with van der Waals surface area (Å²) >= 11 is 0. The van der Waals surface area contributed by atoms with Crippen molar-refractivity contribution in [2.75, 3.05) is 49.8 Å². The van der Waals surface area contributed by atoms with Crippen molar-refractivity contribution in [3.63, 3.8) is 0 Å². The molecule has 52 heavy (non-hydrogen) atoms. The zero-order chi connectivity index (χ0) is 35.3. The van der Waals surface area contributed by atoms with Crippen LogP contribution in [0, 0.1) is 11.8 Å². The molecule has 4 aromatic carbocycles. The second kappa shape index (κ2) is 13.1. The lowest BCUT2D eigenvalue weighted by molar-refractivity contribution is -0.123. The zero-order valence-electron chi connectivity index (χ0n) is 28.9. The topological polar surface area (TPSA) is 109 Å². The van der Waals surface area contributed by atoms with Crippen LogP contribution in [-0.2, 0) is 9.59 Å². The molecule has 5 aliphatic rings. The summed E-state index contributed by atoms with van der Waals surface area (Å²) in [6.45, 7) is 6.76. The fraction of sp³-hybridized carbons (Fsp3) is 0.300. The van der Waals surface area contributed by atoms with Gasteiger partial charge in [-0.05, 0) is 73.5 Å². The monoisotopic (exact) mass is 698 g/mol. The quantitative estimate of drug-likeness (QED) is 0.233. The van der Waals surface area contributed by atoms with Crippen molar-refractivity contribution in [1.82, 2.24) is 9.80 Å². The Labute approximate surface area is 301 Å². The molecular formula is C40H38N6O6. The lowest BCUT2D eigenvalue weighted by Gasteiger charge is -2.45. The number of piperazine rings is 1. The van der Waals surface area contributed by atoms with Gasteiger partial charge in [-0.15, -0.1) is 0 Å². The molecule has 1 saturated heterocycles. The minimum absolute atomic E-state index is 0.0728. The maximum absolute atomic E-state index is 14.3. The molecule has 4 atom stereocenters. The molecule has 0 saturated carbocycles. The van der Waals surface area contributed by atoms with Crippen LogP contribution in [-0.4, -0.2) is 72.8 Å². The van der Waals surface area contributed by atoms with Crippen molar-refractivity contribution < 1.29 is 28.5 Å². The van der Waals surface area contributed by atoms with Gasteiger partial charge < -0.3 is 18.9 Å². The van der Waals surface area contributed by atoms with Crippen LogP contribution in [0.15, 0.2) is 107 Å². The molecule has 0 spiro atoms. The average molecular weight is 699 g/mol. The van der Waals surface area contributed by atoms with E-state index in [0.717, 1.165) is 33.9 Å². The highest BCUT2D eigenvalue weighted by molar-refractivity contribution is 6.16. The summed E-state index contributed by atoms with van der Waals surface area (Å²) in [5.41, 5.74) is 4.89. The maximum Gasteiger partial charge on any atom is 0.258 e. The number of benzene rings is 4. The standard InChI is InChI=1S/C40H38N6O6/c1-25-35(39(47)45(41-25)29-9-5-3-6-10-29)37(27-13-15-31-33(21-27)51-23-49-31)43-17-19-44(20-18-43)38(28-14-16-32-34(22-28)52-24-50-32)36-26(2)42-46(40(36)48)30-11-7-4-8-12-30/h3-16,21-22,35-38H,17-20,23-24H2,1-2H3. The number of hydrogen-bond acceptors (Lipinski definition) is 10. The third-order valence-electron chi connectivity index (χ3n) is 10.6.